The van der Waals surface area contributed by atoms with Gasteiger partial charge in [0, 0.05) is 17.5 Å². The summed E-state index contributed by atoms with van der Waals surface area (Å²) in [5.41, 5.74) is 1.26. The van der Waals surface area contributed by atoms with Crippen LogP contribution >= 0.6 is 11.6 Å². The van der Waals surface area contributed by atoms with Gasteiger partial charge in [0.2, 0.25) is 0 Å². The average Bonchev–Trinajstić information content (AvgIpc) is 2.51. The van der Waals surface area contributed by atoms with Crippen LogP contribution in [0.4, 0.5) is 0 Å². The Morgan fingerprint density at radius 1 is 1.38 bits per heavy atom. The van der Waals surface area contributed by atoms with E-state index in [0.717, 1.165) is 17.4 Å². The lowest BCUT2D eigenvalue weighted by atomic mass is 9.99. The van der Waals surface area contributed by atoms with Gasteiger partial charge in [0.1, 0.15) is 17.9 Å². The van der Waals surface area contributed by atoms with Crippen molar-refractivity contribution in [3.05, 3.63) is 52.4 Å². The highest BCUT2D eigenvalue weighted by Gasteiger charge is 2.24. The van der Waals surface area contributed by atoms with E-state index in [1.807, 2.05) is 25.1 Å². The highest BCUT2D eigenvalue weighted by Crippen LogP contribution is 2.23. The van der Waals surface area contributed by atoms with E-state index in [4.69, 9.17) is 20.8 Å². The number of halogens is 1. The maximum absolute atomic E-state index is 11.2. The zero-order valence-electron chi connectivity index (χ0n) is 14.2. The van der Waals surface area contributed by atoms with E-state index in [-0.39, 0.29) is 5.63 Å². The Hall–Kier alpha value is -1.78. The molecule has 2 rings (SSSR count). The lowest BCUT2D eigenvalue weighted by molar-refractivity contribution is 0.129. The number of rotatable bonds is 7. The fraction of sp³-hybridized carbons (Fsp3) is 0.421. The van der Waals surface area contributed by atoms with Gasteiger partial charge in [-0.3, -0.25) is 0 Å². The number of fused-ring (bicyclic) bond motifs is 1. The lowest BCUT2D eigenvalue weighted by Crippen LogP contribution is -2.29. The molecule has 4 nitrogen and oxygen atoms in total. The quantitative estimate of drug-likeness (QED) is 0.460. The molecule has 1 atom stereocenters. The molecule has 0 radical (unpaired) electrons. The van der Waals surface area contributed by atoms with Gasteiger partial charge in [-0.05, 0) is 57.9 Å². The first-order valence-corrected chi connectivity index (χ1v) is 8.33. The van der Waals surface area contributed by atoms with Crippen molar-refractivity contribution in [3.8, 4) is 5.75 Å². The zero-order valence-corrected chi connectivity index (χ0v) is 15.0. The van der Waals surface area contributed by atoms with Crippen LogP contribution in [0, 0.1) is 0 Å². The summed E-state index contributed by atoms with van der Waals surface area (Å²) >= 11 is 6.09. The van der Waals surface area contributed by atoms with Gasteiger partial charge in [-0.2, -0.15) is 0 Å². The highest BCUT2D eigenvalue weighted by molar-refractivity contribution is 6.23. The van der Waals surface area contributed by atoms with E-state index < -0.39 is 11.0 Å². The summed E-state index contributed by atoms with van der Waals surface area (Å²) in [6.07, 6.45) is 2.79. The largest absolute Gasteiger partial charge is 0.489 e. The van der Waals surface area contributed by atoms with E-state index in [1.54, 1.807) is 26.0 Å². The molecule has 1 unspecified atom stereocenters. The second kappa shape index (κ2) is 7.86. The molecule has 1 N–H and O–H groups in total. The van der Waals surface area contributed by atoms with Crippen molar-refractivity contribution in [2.24, 2.45) is 0 Å². The maximum atomic E-state index is 11.2. The topological polar surface area (TPSA) is 59.7 Å². The molecular formula is C19H23ClO4. The zero-order chi connectivity index (χ0) is 17.7. The van der Waals surface area contributed by atoms with Gasteiger partial charge >= 0.3 is 5.63 Å². The van der Waals surface area contributed by atoms with Crippen LogP contribution in [0.3, 0.4) is 0 Å². The molecule has 130 valence electrons. The van der Waals surface area contributed by atoms with Crippen LogP contribution in [0.15, 0.2) is 51.2 Å². The van der Waals surface area contributed by atoms with Gasteiger partial charge in [-0.1, -0.05) is 5.57 Å². The first-order valence-electron chi connectivity index (χ1n) is 7.95. The second-order valence-corrected chi connectivity index (χ2v) is 7.41. The predicted molar refractivity (Wildman–Crippen MR) is 96.9 cm³/mol. The molecule has 24 heavy (non-hydrogen) atoms. The van der Waals surface area contributed by atoms with E-state index in [9.17, 15) is 9.90 Å². The molecule has 0 aliphatic carbocycles. The van der Waals surface area contributed by atoms with Gasteiger partial charge < -0.3 is 14.3 Å². The molecule has 0 aliphatic heterocycles. The first-order chi connectivity index (χ1) is 11.3. The first kappa shape index (κ1) is 18.6. The minimum atomic E-state index is -0.619. The summed E-state index contributed by atoms with van der Waals surface area (Å²) in [5.74, 6) is 0.642. The Morgan fingerprint density at radius 2 is 2.08 bits per heavy atom. The van der Waals surface area contributed by atoms with Crippen molar-refractivity contribution in [1.29, 1.82) is 0 Å². The summed E-state index contributed by atoms with van der Waals surface area (Å²) < 4.78 is 10.8. The SMILES string of the molecule is C/C(=C\COc1ccc2ccc(=O)oc2c1)CCC(O)C(C)(C)Cl. The molecular weight excluding hydrogens is 328 g/mol. The van der Waals surface area contributed by atoms with Crippen LogP contribution < -0.4 is 10.4 Å². The minimum Gasteiger partial charge on any atom is -0.489 e. The van der Waals surface area contributed by atoms with E-state index in [1.165, 1.54) is 6.07 Å². The average molecular weight is 351 g/mol. The third kappa shape index (κ3) is 5.39. The fourth-order valence-corrected chi connectivity index (χ4v) is 2.33. The van der Waals surface area contributed by atoms with Crippen molar-refractivity contribution in [3.63, 3.8) is 0 Å². The Bertz CT molecular complexity index is 771. The summed E-state index contributed by atoms with van der Waals surface area (Å²) in [5, 5.41) is 10.8. The molecule has 0 saturated heterocycles. The minimum absolute atomic E-state index is 0.379. The maximum Gasteiger partial charge on any atom is 0.336 e. The molecule has 5 heteroatoms. The molecule has 0 fully saturated rings. The van der Waals surface area contributed by atoms with E-state index >= 15 is 0 Å². The molecule has 1 heterocycles. The third-order valence-corrected chi connectivity index (χ3v) is 4.13. The number of hydrogen-bond acceptors (Lipinski definition) is 4. The number of allylic oxidation sites excluding steroid dienone is 1. The van der Waals surface area contributed by atoms with Crippen molar-refractivity contribution >= 4 is 22.6 Å². The summed E-state index contributed by atoms with van der Waals surface area (Å²) in [7, 11) is 0. The van der Waals surface area contributed by atoms with Crippen molar-refractivity contribution in [1.82, 2.24) is 0 Å². The van der Waals surface area contributed by atoms with Gasteiger partial charge in [0.05, 0.1) is 11.0 Å². The van der Waals surface area contributed by atoms with Gasteiger partial charge in [0.15, 0.2) is 0 Å². The number of aliphatic hydroxyl groups is 1. The van der Waals surface area contributed by atoms with Crippen molar-refractivity contribution in [2.45, 2.75) is 44.6 Å². The highest BCUT2D eigenvalue weighted by atomic mass is 35.5. The summed E-state index contributed by atoms with van der Waals surface area (Å²) in [6, 6.07) is 8.51. The lowest BCUT2D eigenvalue weighted by Gasteiger charge is -2.23. The molecule has 0 spiro atoms. The monoisotopic (exact) mass is 350 g/mol. The van der Waals surface area contributed by atoms with Crippen molar-refractivity contribution < 1.29 is 14.3 Å². The Morgan fingerprint density at radius 3 is 2.79 bits per heavy atom. The number of ether oxygens (including phenoxy) is 1. The van der Waals surface area contributed by atoms with Crippen LogP contribution in [0.5, 0.6) is 5.75 Å². The number of aliphatic hydroxyl groups excluding tert-OH is 1. The molecule has 0 bridgehead atoms. The molecule has 0 aliphatic rings. The van der Waals surface area contributed by atoms with Crippen LogP contribution in [0.1, 0.15) is 33.6 Å². The summed E-state index contributed by atoms with van der Waals surface area (Å²) in [4.78, 5) is 10.6. The van der Waals surface area contributed by atoms with Crippen LogP contribution in [-0.2, 0) is 0 Å². The molecule has 0 amide bonds. The Balaban J connectivity index is 1.90. The van der Waals surface area contributed by atoms with Gasteiger partial charge in [0.25, 0.3) is 0 Å². The molecule has 0 saturated carbocycles. The predicted octanol–water partition coefficient (Wildman–Crippen LogP) is 4.28. The van der Waals surface area contributed by atoms with Crippen LogP contribution in [-0.4, -0.2) is 22.7 Å². The van der Waals surface area contributed by atoms with E-state index in [2.05, 4.69) is 0 Å². The fourth-order valence-electron chi connectivity index (χ4n) is 2.22. The van der Waals surface area contributed by atoms with Crippen LogP contribution in [0.2, 0.25) is 0 Å². The molecule has 2 aromatic rings. The number of benzene rings is 1. The summed E-state index contributed by atoms with van der Waals surface area (Å²) in [6.45, 7) is 6.02. The van der Waals surface area contributed by atoms with E-state index in [0.29, 0.717) is 24.4 Å². The molecule has 1 aromatic heterocycles. The van der Waals surface area contributed by atoms with Crippen LogP contribution in [0.25, 0.3) is 11.0 Å². The third-order valence-electron chi connectivity index (χ3n) is 3.88. The normalized spacial score (nSPS) is 14.0. The smallest absolute Gasteiger partial charge is 0.336 e. The number of hydrogen-bond donors (Lipinski definition) is 1. The number of alkyl halides is 1. The molecule has 1 aromatic carbocycles. The Kier molecular flexibility index (Phi) is 6.08. The second-order valence-electron chi connectivity index (χ2n) is 6.43. The van der Waals surface area contributed by atoms with Crippen molar-refractivity contribution in [2.75, 3.05) is 6.61 Å². The Labute approximate surface area is 146 Å². The van der Waals surface area contributed by atoms with Gasteiger partial charge in [-0.15, -0.1) is 11.6 Å². The van der Waals surface area contributed by atoms with Gasteiger partial charge in [-0.25, -0.2) is 4.79 Å². The standard InChI is InChI=1S/C19H23ClO4/c1-13(4-8-17(21)19(2,3)20)10-11-23-15-7-5-14-6-9-18(22)24-16(14)12-15/h5-7,9-10,12,17,21H,4,8,11H2,1-3H3/b13-10+.